The molecule has 1 aromatic carbocycles. The topological polar surface area (TPSA) is 95.2 Å². The van der Waals surface area contributed by atoms with Gasteiger partial charge < -0.3 is 16.0 Å². The van der Waals surface area contributed by atoms with E-state index in [1.807, 2.05) is 0 Å². The summed E-state index contributed by atoms with van der Waals surface area (Å²) >= 11 is 0. The Morgan fingerprint density at radius 3 is 2.51 bits per heavy atom. The highest BCUT2D eigenvalue weighted by Crippen LogP contribution is 2.35. The van der Waals surface area contributed by atoms with Crippen molar-refractivity contribution >= 4 is 11.8 Å². The lowest BCUT2D eigenvalue weighted by molar-refractivity contribution is -0.137. The quantitative estimate of drug-likeness (QED) is 0.431. The van der Waals surface area contributed by atoms with Crippen LogP contribution in [-0.4, -0.2) is 29.4 Å². The second-order valence-electron chi connectivity index (χ2n) is 9.63. The summed E-state index contributed by atoms with van der Waals surface area (Å²) in [6.45, 7) is 3.82. The average molecular weight is 526 g/mol. The minimum absolute atomic E-state index is 0.0904. The fourth-order valence-electron chi connectivity index (χ4n) is 4.65. The predicted molar refractivity (Wildman–Crippen MR) is 124 cm³/mol. The number of alkyl halides is 5. The van der Waals surface area contributed by atoms with E-state index in [-0.39, 0.29) is 42.4 Å². The van der Waals surface area contributed by atoms with E-state index in [9.17, 15) is 31.5 Å². The van der Waals surface area contributed by atoms with E-state index >= 15 is 0 Å². The van der Waals surface area contributed by atoms with Crippen molar-refractivity contribution in [1.82, 2.24) is 26.3 Å². The summed E-state index contributed by atoms with van der Waals surface area (Å²) in [7, 11) is 0. The number of pyridine rings is 1. The normalized spacial score (nSPS) is 24.1. The molecule has 0 spiro atoms. The molecule has 0 radical (unpaired) electrons. The van der Waals surface area contributed by atoms with E-state index < -0.39 is 42.0 Å². The van der Waals surface area contributed by atoms with Crippen LogP contribution in [0.25, 0.3) is 0 Å². The highest BCUT2D eigenvalue weighted by atomic mass is 19.4. The van der Waals surface area contributed by atoms with Gasteiger partial charge in [-0.1, -0.05) is 26.0 Å². The number of nitrogens with zero attached hydrogens (tertiary/aromatic N) is 1. The van der Waals surface area contributed by atoms with Crippen LogP contribution in [0.15, 0.2) is 36.5 Å². The molecule has 7 nitrogen and oxygen atoms in total. The summed E-state index contributed by atoms with van der Waals surface area (Å²) in [5.74, 6) is -1.26. The third kappa shape index (κ3) is 6.07. The molecule has 3 heterocycles. The SMILES string of the molecule is CC(C)C(=O)NCc1cnc(C(F)F)c(C2NC(=O)C3CNC(c4ccc(C(F)(F)F)cc4)CC3N2)c1. The van der Waals surface area contributed by atoms with Crippen molar-refractivity contribution in [2.75, 3.05) is 6.54 Å². The van der Waals surface area contributed by atoms with Gasteiger partial charge in [-0.05, 0) is 35.7 Å². The van der Waals surface area contributed by atoms with E-state index in [1.165, 1.54) is 24.4 Å². The fraction of sp³-hybridized carbons (Fsp3) is 0.480. The molecule has 2 amide bonds. The average Bonchev–Trinajstić information content (AvgIpc) is 2.86. The Balaban J connectivity index is 1.53. The van der Waals surface area contributed by atoms with Crippen LogP contribution < -0.4 is 21.3 Å². The Bertz CT molecular complexity index is 1140. The van der Waals surface area contributed by atoms with E-state index in [4.69, 9.17) is 0 Å². The van der Waals surface area contributed by atoms with E-state index in [1.54, 1.807) is 13.8 Å². The van der Waals surface area contributed by atoms with Crippen molar-refractivity contribution in [3.63, 3.8) is 0 Å². The second-order valence-corrected chi connectivity index (χ2v) is 9.63. The number of piperidine rings is 1. The maximum Gasteiger partial charge on any atom is 0.416 e. The first kappa shape index (κ1) is 26.9. The van der Waals surface area contributed by atoms with Crippen LogP contribution in [0.1, 0.15) is 66.8 Å². The van der Waals surface area contributed by atoms with Crippen molar-refractivity contribution in [3.8, 4) is 0 Å². The highest BCUT2D eigenvalue weighted by Gasteiger charge is 2.42. The van der Waals surface area contributed by atoms with Gasteiger partial charge in [0, 0.05) is 42.9 Å². The Hall–Kier alpha value is -3.12. The molecular weight excluding hydrogens is 497 g/mol. The molecule has 2 fully saturated rings. The summed E-state index contributed by atoms with van der Waals surface area (Å²) in [5, 5.41) is 11.9. The number of carbonyl (C=O) groups excluding carboxylic acids is 2. The summed E-state index contributed by atoms with van der Waals surface area (Å²) in [5.41, 5.74) is -0.00379. The van der Waals surface area contributed by atoms with Crippen LogP contribution in [0.4, 0.5) is 22.0 Å². The number of halogens is 5. The fourth-order valence-corrected chi connectivity index (χ4v) is 4.65. The Labute approximate surface area is 210 Å². The molecule has 0 saturated carbocycles. The molecule has 2 aromatic rings. The van der Waals surface area contributed by atoms with Crippen LogP contribution in [0, 0.1) is 11.8 Å². The zero-order valence-corrected chi connectivity index (χ0v) is 20.2. The Morgan fingerprint density at radius 1 is 1.19 bits per heavy atom. The largest absolute Gasteiger partial charge is 0.416 e. The number of rotatable bonds is 6. The summed E-state index contributed by atoms with van der Waals surface area (Å²) in [6.07, 6.45) is -6.65. The summed E-state index contributed by atoms with van der Waals surface area (Å²) in [4.78, 5) is 28.7. The zero-order valence-electron chi connectivity index (χ0n) is 20.2. The van der Waals surface area contributed by atoms with Gasteiger partial charge in [-0.3, -0.25) is 19.9 Å². The molecule has 0 bridgehead atoms. The molecule has 4 atom stereocenters. The van der Waals surface area contributed by atoms with Gasteiger partial charge >= 0.3 is 6.18 Å². The first-order chi connectivity index (χ1) is 17.4. The van der Waals surface area contributed by atoms with E-state index in [0.29, 0.717) is 17.5 Å². The lowest BCUT2D eigenvalue weighted by atomic mass is 9.83. The van der Waals surface area contributed by atoms with Crippen LogP contribution in [0.5, 0.6) is 0 Å². The minimum atomic E-state index is -4.44. The monoisotopic (exact) mass is 525 g/mol. The zero-order chi connectivity index (χ0) is 26.9. The second kappa shape index (κ2) is 10.7. The van der Waals surface area contributed by atoms with Crippen molar-refractivity contribution < 1.29 is 31.5 Å². The summed E-state index contributed by atoms with van der Waals surface area (Å²) in [6, 6.07) is 5.56. The lowest BCUT2D eigenvalue weighted by Crippen LogP contribution is -2.62. The first-order valence-corrected chi connectivity index (χ1v) is 12.0. The van der Waals surface area contributed by atoms with Crippen LogP contribution in [0.2, 0.25) is 0 Å². The standard InChI is InChI=1S/C25H28F5N5O2/c1-12(2)23(36)33-10-13-7-16(20(21(26)27)32-9-13)22-34-19-8-18(31-11-17(19)24(37)35-22)14-3-5-15(6-4-14)25(28,29)30/h3-7,9,12,17-19,21-22,31,34H,8,10-11H2,1-2H3,(H,33,36)(H,35,37). The van der Waals surface area contributed by atoms with Gasteiger partial charge in [0.1, 0.15) is 11.9 Å². The third-order valence-electron chi connectivity index (χ3n) is 6.72. The van der Waals surface area contributed by atoms with Crippen molar-refractivity contribution in [1.29, 1.82) is 0 Å². The van der Waals surface area contributed by atoms with Gasteiger partial charge in [0.05, 0.1) is 11.5 Å². The number of amides is 2. The van der Waals surface area contributed by atoms with Crippen LogP contribution >= 0.6 is 0 Å². The van der Waals surface area contributed by atoms with E-state index in [2.05, 4.69) is 26.3 Å². The van der Waals surface area contributed by atoms with Gasteiger partial charge in [-0.2, -0.15) is 13.2 Å². The molecule has 12 heteroatoms. The molecule has 2 saturated heterocycles. The van der Waals surface area contributed by atoms with Crippen molar-refractivity contribution in [2.45, 2.75) is 57.7 Å². The number of hydrogen-bond donors (Lipinski definition) is 4. The predicted octanol–water partition coefficient (Wildman–Crippen LogP) is 3.75. The third-order valence-corrected chi connectivity index (χ3v) is 6.72. The number of fused-ring (bicyclic) bond motifs is 1. The van der Waals surface area contributed by atoms with Gasteiger partial charge in [0.2, 0.25) is 11.8 Å². The highest BCUT2D eigenvalue weighted by molar-refractivity contribution is 5.81. The molecule has 2 aliphatic heterocycles. The first-order valence-electron chi connectivity index (χ1n) is 12.0. The van der Waals surface area contributed by atoms with Gasteiger partial charge in [-0.15, -0.1) is 0 Å². The molecule has 0 aliphatic carbocycles. The lowest BCUT2D eigenvalue weighted by Gasteiger charge is -2.43. The molecular formula is C25H28F5N5O2. The minimum Gasteiger partial charge on any atom is -0.352 e. The summed E-state index contributed by atoms with van der Waals surface area (Å²) < 4.78 is 66.4. The Kier molecular flexibility index (Phi) is 7.79. The Morgan fingerprint density at radius 2 is 1.89 bits per heavy atom. The number of carbonyl (C=O) groups is 2. The maximum atomic E-state index is 13.8. The van der Waals surface area contributed by atoms with E-state index in [0.717, 1.165) is 12.1 Å². The smallest absolute Gasteiger partial charge is 0.352 e. The maximum absolute atomic E-state index is 13.8. The molecule has 4 rings (SSSR count). The molecule has 4 unspecified atom stereocenters. The van der Waals surface area contributed by atoms with Crippen molar-refractivity contribution in [2.24, 2.45) is 11.8 Å². The molecule has 4 N–H and O–H groups in total. The molecule has 200 valence electrons. The van der Waals surface area contributed by atoms with Crippen molar-refractivity contribution in [3.05, 3.63) is 64.5 Å². The molecule has 37 heavy (non-hydrogen) atoms. The van der Waals surface area contributed by atoms with Gasteiger partial charge in [-0.25, -0.2) is 8.78 Å². The van der Waals surface area contributed by atoms with Crippen LogP contribution in [-0.2, 0) is 22.3 Å². The molecule has 2 aliphatic rings. The van der Waals surface area contributed by atoms with Gasteiger partial charge in [0.25, 0.3) is 6.43 Å². The number of aromatic nitrogens is 1. The molecule has 1 aromatic heterocycles. The van der Waals surface area contributed by atoms with Crippen LogP contribution in [0.3, 0.4) is 0 Å². The number of benzene rings is 1. The van der Waals surface area contributed by atoms with Gasteiger partial charge in [0.15, 0.2) is 0 Å². The number of nitrogens with one attached hydrogen (secondary N) is 4. The number of hydrogen-bond acceptors (Lipinski definition) is 5.